The quantitative estimate of drug-likeness (QED) is 0.446. The van der Waals surface area contributed by atoms with Gasteiger partial charge >= 0.3 is 12.2 Å². The molecule has 1 aromatic heterocycles. The van der Waals surface area contributed by atoms with Crippen LogP contribution in [0.1, 0.15) is 28.0 Å². The molecule has 160 valence electrons. The number of anilines is 1. The Kier molecular flexibility index (Phi) is 6.20. The lowest BCUT2D eigenvalue weighted by Gasteiger charge is -2.27. The van der Waals surface area contributed by atoms with Crippen molar-refractivity contribution in [2.45, 2.75) is 25.3 Å². The first kappa shape index (κ1) is 21.5. The predicted octanol–water partition coefficient (Wildman–Crippen LogP) is 3.39. The fraction of sp³-hybridized carbons (Fsp3) is 0.316. The summed E-state index contributed by atoms with van der Waals surface area (Å²) in [6.07, 6.45) is -5.73. The van der Waals surface area contributed by atoms with Crippen molar-refractivity contribution in [2.75, 3.05) is 18.0 Å². The van der Waals surface area contributed by atoms with Gasteiger partial charge in [-0.2, -0.15) is 13.2 Å². The fourth-order valence-electron chi connectivity index (χ4n) is 3.05. The summed E-state index contributed by atoms with van der Waals surface area (Å²) < 4.78 is 52.8. The normalized spacial score (nSPS) is 16.4. The van der Waals surface area contributed by atoms with Crippen molar-refractivity contribution in [2.24, 2.45) is 0 Å². The zero-order chi connectivity index (χ0) is 21.9. The van der Waals surface area contributed by atoms with Crippen LogP contribution in [0.25, 0.3) is 0 Å². The number of likely N-dealkylation sites (tertiary alicyclic amines) is 1. The molecule has 1 atom stereocenters. The Balaban J connectivity index is 1.92. The number of nitrogens with one attached hydrogen (secondary N) is 1. The predicted molar refractivity (Wildman–Crippen MR) is 97.6 cm³/mol. The van der Waals surface area contributed by atoms with E-state index in [0.29, 0.717) is 5.56 Å². The smallest absolute Gasteiger partial charge is 0.321 e. The van der Waals surface area contributed by atoms with Crippen LogP contribution in [-0.4, -0.2) is 46.3 Å². The average Bonchev–Trinajstić information content (AvgIpc) is 3.17. The van der Waals surface area contributed by atoms with Gasteiger partial charge < -0.3 is 4.90 Å². The lowest BCUT2D eigenvalue weighted by molar-refractivity contribution is -0.141. The molecule has 1 aromatic carbocycles. The molecular formula is C19H18F4N4O3. The molecule has 1 saturated heterocycles. The van der Waals surface area contributed by atoms with Crippen molar-refractivity contribution in [3.8, 4) is 0 Å². The lowest BCUT2D eigenvalue weighted by atomic mass is 10.1. The number of urea groups is 1. The van der Waals surface area contributed by atoms with Crippen molar-refractivity contribution in [3.05, 3.63) is 59.3 Å². The monoisotopic (exact) mass is 426 g/mol. The van der Waals surface area contributed by atoms with Gasteiger partial charge in [0.1, 0.15) is 17.7 Å². The van der Waals surface area contributed by atoms with Gasteiger partial charge in [-0.05, 0) is 36.2 Å². The standard InChI is InChI=1S/C19H18F4N4O3/c20-14-8-9-26(11-14)18(29)27(16-3-1-2-15(24-16)19(21,22)23)10-12-4-6-13(7-5-12)17(28)25-30/h1-7,14,30H,8-11H2,(H,25,28). The molecular weight excluding hydrogens is 408 g/mol. The Morgan fingerprint density at radius 1 is 1.20 bits per heavy atom. The fourth-order valence-corrected chi connectivity index (χ4v) is 3.05. The van der Waals surface area contributed by atoms with E-state index in [0.717, 1.165) is 17.0 Å². The Morgan fingerprint density at radius 2 is 1.90 bits per heavy atom. The summed E-state index contributed by atoms with van der Waals surface area (Å²) in [6.45, 7) is -0.156. The molecule has 0 saturated carbocycles. The summed E-state index contributed by atoms with van der Waals surface area (Å²) in [4.78, 5) is 30.2. The number of amides is 3. The molecule has 11 heteroatoms. The van der Waals surface area contributed by atoms with E-state index in [1.807, 2.05) is 0 Å². The van der Waals surface area contributed by atoms with Crippen molar-refractivity contribution >= 4 is 17.8 Å². The maximum atomic E-state index is 13.6. The molecule has 2 N–H and O–H groups in total. The third kappa shape index (κ3) is 4.85. The number of hydrogen-bond donors (Lipinski definition) is 2. The van der Waals surface area contributed by atoms with Gasteiger partial charge in [-0.1, -0.05) is 18.2 Å². The van der Waals surface area contributed by atoms with E-state index in [-0.39, 0.29) is 37.4 Å². The van der Waals surface area contributed by atoms with Crippen LogP contribution in [0, 0.1) is 0 Å². The van der Waals surface area contributed by atoms with Crippen molar-refractivity contribution in [1.82, 2.24) is 15.4 Å². The van der Waals surface area contributed by atoms with E-state index >= 15 is 0 Å². The Hall–Kier alpha value is -3.21. The van der Waals surface area contributed by atoms with Crippen LogP contribution >= 0.6 is 0 Å². The number of alkyl halides is 4. The van der Waals surface area contributed by atoms with Gasteiger partial charge in [-0.15, -0.1) is 0 Å². The van der Waals surface area contributed by atoms with Crippen LogP contribution in [0.5, 0.6) is 0 Å². The number of carbonyl (C=O) groups excluding carboxylic acids is 2. The number of halogens is 4. The Bertz CT molecular complexity index is 921. The molecule has 0 radical (unpaired) electrons. The molecule has 1 aliphatic heterocycles. The zero-order valence-electron chi connectivity index (χ0n) is 15.6. The molecule has 0 bridgehead atoms. The first-order valence-corrected chi connectivity index (χ1v) is 8.97. The Labute approximate surface area is 168 Å². The summed E-state index contributed by atoms with van der Waals surface area (Å²) in [5.41, 5.74) is 0.973. The van der Waals surface area contributed by atoms with Gasteiger partial charge in [0.25, 0.3) is 5.91 Å². The number of pyridine rings is 1. The van der Waals surface area contributed by atoms with Crippen LogP contribution < -0.4 is 10.4 Å². The van der Waals surface area contributed by atoms with E-state index in [1.165, 1.54) is 40.7 Å². The zero-order valence-corrected chi connectivity index (χ0v) is 15.6. The summed E-state index contributed by atoms with van der Waals surface area (Å²) in [6, 6.07) is 8.28. The van der Waals surface area contributed by atoms with Crippen molar-refractivity contribution in [3.63, 3.8) is 0 Å². The van der Waals surface area contributed by atoms with Crippen LogP contribution in [0.2, 0.25) is 0 Å². The Morgan fingerprint density at radius 3 is 2.47 bits per heavy atom. The molecule has 1 unspecified atom stereocenters. The minimum atomic E-state index is -4.69. The summed E-state index contributed by atoms with van der Waals surface area (Å²) >= 11 is 0. The summed E-state index contributed by atoms with van der Waals surface area (Å²) in [5, 5.41) is 8.67. The summed E-state index contributed by atoms with van der Waals surface area (Å²) in [5.74, 6) is -0.964. The minimum absolute atomic E-state index is 0.144. The molecule has 7 nitrogen and oxygen atoms in total. The molecule has 2 heterocycles. The largest absolute Gasteiger partial charge is 0.433 e. The summed E-state index contributed by atoms with van der Waals surface area (Å²) in [7, 11) is 0. The third-order valence-electron chi connectivity index (χ3n) is 4.59. The number of hydroxylamine groups is 1. The molecule has 3 rings (SSSR count). The van der Waals surface area contributed by atoms with Crippen LogP contribution in [0.15, 0.2) is 42.5 Å². The number of hydrogen-bond acceptors (Lipinski definition) is 4. The highest BCUT2D eigenvalue weighted by molar-refractivity contribution is 5.93. The van der Waals surface area contributed by atoms with Crippen LogP contribution in [0.4, 0.5) is 28.2 Å². The molecule has 2 aromatic rings. The van der Waals surface area contributed by atoms with E-state index < -0.39 is 30.0 Å². The highest BCUT2D eigenvalue weighted by Gasteiger charge is 2.35. The van der Waals surface area contributed by atoms with Gasteiger partial charge in [0, 0.05) is 12.1 Å². The van der Waals surface area contributed by atoms with Crippen LogP contribution in [-0.2, 0) is 12.7 Å². The topological polar surface area (TPSA) is 85.8 Å². The van der Waals surface area contributed by atoms with Gasteiger partial charge in [-0.25, -0.2) is 19.6 Å². The number of carbonyl (C=O) groups is 2. The van der Waals surface area contributed by atoms with Gasteiger partial charge in [0.2, 0.25) is 0 Å². The second-order valence-electron chi connectivity index (χ2n) is 6.72. The van der Waals surface area contributed by atoms with Gasteiger partial charge in [0.05, 0.1) is 13.1 Å². The minimum Gasteiger partial charge on any atom is -0.321 e. The van der Waals surface area contributed by atoms with Gasteiger partial charge in [0.15, 0.2) is 0 Å². The molecule has 1 fully saturated rings. The number of rotatable bonds is 4. The number of nitrogens with zero attached hydrogens (tertiary/aromatic N) is 3. The van der Waals surface area contributed by atoms with E-state index in [1.54, 1.807) is 0 Å². The van der Waals surface area contributed by atoms with Crippen LogP contribution in [0.3, 0.4) is 0 Å². The van der Waals surface area contributed by atoms with E-state index in [4.69, 9.17) is 5.21 Å². The maximum Gasteiger partial charge on any atom is 0.433 e. The third-order valence-corrected chi connectivity index (χ3v) is 4.59. The molecule has 1 aliphatic rings. The lowest BCUT2D eigenvalue weighted by Crippen LogP contribution is -2.42. The maximum absolute atomic E-state index is 13.6. The first-order chi connectivity index (χ1) is 14.2. The van der Waals surface area contributed by atoms with E-state index in [9.17, 15) is 27.2 Å². The molecule has 3 amide bonds. The second kappa shape index (κ2) is 8.66. The van der Waals surface area contributed by atoms with Crippen molar-refractivity contribution < 1.29 is 32.4 Å². The number of aromatic nitrogens is 1. The van der Waals surface area contributed by atoms with Crippen molar-refractivity contribution in [1.29, 1.82) is 0 Å². The molecule has 30 heavy (non-hydrogen) atoms. The average molecular weight is 426 g/mol. The highest BCUT2D eigenvalue weighted by atomic mass is 19.4. The molecule has 0 aliphatic carbocycles. The van der Waals surface area contributed by atoms with Gasteiger partial charge in [-0.3, -0.25) is 14.9 Å². The highest BCUT2D eigenvalue weighted by Crippen LogP contribution is 2.30. The van der Waals surface area contributed by atoms with E-state index in [2.05, 4.69) is 4.98 Å². The molecule has 0 spiro atoms. The first-order valence-electron chi connectivity index (χ1n) is 8.97. The number of benzene rings is 1. The second-order valence-corrected chi connectivity index (χ2v) is 6.72. The SMILES string of the molecule is O=C(NO)c1ccc(CN(C(=O)N2CCC(F)C2)c2cccc(C(F)(F)F)n2)cc1.